The summed E-state index contributed by atoms with van der Waals surface area (Å²) < 4.78 is 16.6. The van der Waals surface area contributed by atoms with Crippen molar-refractivity contribution < 1.29 is 28.6 Å². The van der Waals surface area contributed by atoms with E-state index < -0.39 is 24.1 Å². The molecule has 0 aromatic rings. The van der Waals surface area contributed by atoms with E-state index in [1.54, 1.807) is 6.08 Å². The van der Waals surface area contributed by atoms with E-state index in [4.69, 9.17) is 14.2 Å². The topological polar surface area (TPSA) is 78.9 Å². The van der Waals surface area contributed by atoms with Crippen LogP contribution in [0, 0.1) is 11.8 Å². The zero-order valence-corrected chi connectivity index (χ0v) is 16.0. The van der Waals surface area contributed by atoms with Gasteiger partial charge in [0.25, 0.3) is 0 Å². The monoisotopic (exact) mass is 374 g/mol. The summed E-state index contributed by atoms with van der Waals surface area (Å²) in [7, 11) is 0. The van der Waals surface area contributed by atoms with Gasteiger partial charge in [0.1, 0.15) is 18.3 Å². The largest absolute Gasteiger partial charge is 0.458 e. The molecular weight excluding hydrogens is 348 g/mol. The molecule has 1 fully saturated rings. The van der Waals surface area contributed by atoms with Crippen LogP contribution in [0.2, 0.25) is 0 Å². The number of carbonyl (C=O) groups is 3. The first-order chi connectivity index (χ1) is 12.8. The summed E-state index contributed by atoms with van der Waals surface area (Å²) in [5.74, 6) is -1.50. The second-order valence-electron chi connectivity index (χ2n) is 7.72. The average Bonchev–Trinajstić information content (AvgIpc) is 3.05. The van der Waals surface area contributed by atoms with E-state index in [0.717, 1.165) is 12.0 Å². The van der Waals surface area contributed by atoms with Crippen molar-refractivity contribution in [2.24, 2.45) is 11.8 Å². The molecule has 0 aromatic carbocycles. The van der Waals surface area contributed by atoms with Crippen LogP contribution in [0.3, 0.4) is 0 Å². The lowest BCUT2D eigenvalue weighted by Crippen LogP contribution is -2.33. The first-order valence-electron chi connectivity index (χ1n) is 9.46. The third-order valence-electron chi connectivity index (χ3n) is 5.46. The third-order valence-corrected chi connectivity index (χ3v) is 5.46. The van der Waals surface area contributed by atoms with Gasteiger partial charge < -0.3 is 14.2 Å². The summed E-state index contributed by atoms with van der Waals surface area (Å²) in [6, 6.07) is 0. The Morgan fingerprint density at radius 1 is 1.26 bits per heavy atom. The molecule has 6 heteroatoms. The van der Waals surface area contributed by atoms with Gasteiger partial charge in [-0.25, -0.2) is 9.59 Å². The Kier molecular flexibility index (Phi) is 5.53. The van der Waals surface area contributed by atoms with E-state index in [-0.39, 0.29) is 36.0 Å². The lowest BCUT2D eigenvalue weighted by molar-refractivity contribution is -0.151. The van der Waals surface area contributed by atoms with E-state index in [1.165, 1.54) is 0 Å². The third kappa shape index (κ3) is 4.15. The number of rotatable bonds is 4. The number of carbonyl (C=O) groups excluding carboxylic acids is 3. The first kappa shape index (κ1) is 19.4. The quantitative estimate of drug-likeness (QED) is 0.326. The van der Waals surface area contributed by atoms with Crippen LogP contribution < -0.4 is 0 Å². The maximum Gasteiger partial charge on any atom is 0.334 e. The molecule has 0 amide bonds. The molecule has 0 radical (unpaired) electrons. The minimum Gasteiger partial charge on any atom is -0.458 e. The molecule has 1 saturated heterocycles. The van der Waals surface area contributed by atoms with Crippen molar-refractivity contribution in [3.8, 4) is 0 Å². The van der Waals surface area contributed by atoms with Gasteiger partial charge in [-0.05, 0) is 25.0 Å². The molecule has 1 unspecified atom stereocenters. The fourth-order valence-electron chi connectivity index (χ4n) is 3.74. The molecule has 27 heavy (non-hydrogen) atoms. The number of esters is 3. The van der Waals surface area contributed by atoms with Crippen LogP contribution in [-0.2, 0) is 28.6 Å². The summed E-state index contributed by atoms with van der Waals surface area (Å²) in [5, 5.41) is 0. The number of hydrogen-bond donors (Lipinski definition) is 0. The number of fused-ring (bicyclic) bond motifs is 2. The van der Waals surface area contributed by atoms with Crippen molar-refractivity contribution in [1.29, 1.82) is 0 Å². The smallest absolute Gasteiger partial charge is 0.334 e. The average molecular weight is 374 g/mol. The molecule has 146 valence electrons. The molecule has 0 N–H and O–H groups in total. The van der Waals surface area contributed by atoms with Crippen molar-refractivity contribution in [2.75, 3.05) is 0 Å². The van der Waals surface area contributed by atoms with Crippen molar-refractivity contribution >= 4 is 17.9 Å². The maximum atomic E-state index is 12.4. The van der Waals surface area contributed by atoms with Crippen LogP contribution in [0.25, 0.3) is 0 Å². The standard InChI is InChI=1S/C21H26O6/c1-5-11(2)8-18(22)26-16-7-12(3)6-15-9-14(21(24)25-15)10-17-19(16)13(4)20(23)27-17/h7,9,11,15-17,19H,4-6,8,10H2,1-3H3/b12-7+/t11?,15-,16-,17+,19+/m1/s1. The van der Waals surface area contributed by atoms with Crippen molar-refractivity contribution in [1.82, 2.24) is 0 Å². The second-order valence-corrected chi connectivity index (χ2v) is 7.72. The van der Waals surface area contributed by atoms with Gasteiger partial charge in [0.2, 0.25) is 0 Å². The predicted molar refractivity (Wildman–Crippen MR) is 97.4 cm³/mol. The molecule has 2 bridgehead atoms. The highest BCUT2D eigenvalue weighted by molar-refractivity contribution is 5.93. The van der Waals surface area contributed by atoms with Crippen molar-refractivity contribution in [2.45, 2.75) is 64.8 Å². The Hall–Kier alpha value is -2.37. The van der Waals surface area contributed by atoms with Gasteiger partial charge in [0.15, 0.2) is 0 Å². The van der Waals surface area contributed by atoms with E-state index in [0.29, 0.717) is 18.4 Å². The molecular formula is C21H26O6. The molecule has 0 saturated carbocycles. The highest BCUT2D eigenvalue weighted by Gasteiger charge is 2.46. The minimum atomic E-state index is -0.654. The maximum absolute atomic E-state index is 12.4. The van der Waals surface area contributed by atoms with E-state index in [9.17, 15) is 14.4 Å². The summed E-state index contributed by atoms with van der Waals surface area (Å²) in [6.07, 6.45) is 3.98. The van der Waals surface area contributed by atoms with Crippen LogP contribution in [0.4, 0.5) is 0 Å². The lowest BCUT2D eigenvalue weighted by Gasteiger charge is -2.26. The molecule has 6 nitrogen and oxygen atoms in total. The molecule has 1 aliphatic carbocycles. The first-order valence-corrected chi connectivity index (χ1v) is 9.46. The Balaban J connectivity index is 1.90. The van der Waals surface area contributed by atoms with E-state index in [1.807, 2.05) is 26.8 Å². The van der Waals surface area contributed by atoms with Gasteiger partial charge in [-0.2, -0.15) is 0 Å². The molecule has 3 rings (SSSR count). The van der Waals surface area contributed by atoms with Gasteiger partial charge in [0.05, 0.1) is 5.92 Å². The van der Waals surface area contributed by atoms with Crippen LogP contribution in [0.15, 0.2) is 35.5 Å². The Morgan fingerprint density at radius 3 is 2.70 bits per heavy atom. The SMILES string of the molecule is C=C1C(=O)O[C@H]2CC3=C[C@@H](C/C(C)=C/[C@@H](OC(=O)CC(C)CC)[C@H]12)OC3=O. The second kappa shape index (κ2) is 7.71. The Bertz CT molecular complexity index is 731. The molecule has 0 aromatic heterocycles. The summed E-state index contributed by atoms with van der Waals surface area (Å²) in [6.45, 7) is 9.76. The van der Waals surface area contributed by atoms with Gasteiger partial charge in [-0.1, -0.05) is 32.4 Å². The molecule has 5 atom stereocenters. The Labute approximate surface area is 159 Å². The van der Waals surface area contributed by atoms with Gasteiger partial charge in [-0.15, -0.1) is 0 Å². The summed E-state index contributed by atoms with van der Waals surface area (Å²) in [4.78, 5) is 36.7. The lowest BCUT2D eigenvalue weighted by atomic mass is 9.85. The fraction of sp³-hybridized carbons (Fsp3) is 0.571. The number of ether oxygens (including phenoxy) is 3. The minimum absolute atomic E-state index is 0.217. The predicted octanol–water partition coefficient (Wildman–Crippen LogP) is 3.02. The summed E-state index contributed by atoms with van der Waals surface area (Å²) in [5.41, 5.74) is 1.69. The van der Waals surface area contributed by atoms with Gasteiger partial charge >= 0.3 is 17.9 Å². The normalized spacial score (nSPS) is 33.2. The molecule has 3 aliphatic rings. The van der Waals surface area contributed by atoms with Gasteiger partial charge in [0, 0.05) is 30.4 Å². The van der Waals surface area contributed by atoms with Crippen LogP contribution in [-0.4, -0.2) is 36.2 Å². The molecule has 2 heterocycles. The van der Waals surface area contributed by atoms with Crippen LogP contribution in [0.5, 0.6) is 0 Å². The fourth-order valence-corrected chi connectivity index (χ4v) is 3.74. The highest BCUT2D eigenvalue weighted by Crippen LogP contribution is 2.38. The van der Waals surface area contributed by atoms with Gasteiger partial charge in [-0.3, -0.25) is 4.79 Å². The summed E-state index contributed by atoms with van der Waals surface area (Å²) >= 11 is 0. The van der Waals surface area contributed by atoms with Crippen molar-refractivity contribution in [3.63, 3.8) is 0 Å². The Morgan fingerprint density at radius 2 is 2.00 bits per heavy atom. The number of hydrogen-bond acceptors (Lipinski definition) is 6. The highest BCUT2D eigenvalue weighted by atomic mass is 16.6. The van der Waals surface area contributed by atoms with E-state index in [2.05, 4.69) is 6.58 Å². The molecule has 0 spiro atoms. The van der Waals surface area contributed by atoms with Crippen LogP contribution >= 0.6 is 0 Å². The van der Waals surface area contributed by atoms with Crippen LogP contribution in [0.1, 0.15) is 46.5 Å². The zero-order valence-electron chi connectivity index (χ0n) is 16.0. The van der Waals surface area contributed by atoms with E-state index >= 15 is 0 Å². The molecule has 2 aliphatic heterocycles. The van der Waals surface area contributed by atoms with Crippen molar-refractivity contribution in [3.05, 3.63) is 35.5 Å². The zero-order chi connectivity index (χ0) is 19.7.